The van der Waals surface area contributed by atoms with Gasteiger partial charge in [-0.15, -0.1) is 0 Å². The first-order valence-corrected chi connectivity index (χ1v) is 14.4. The molecule has 1 N–H and O–H groups in total. The second-order valence-electron chi connectivity index (χ2n) is 12.0. The lowest BCUT2D eigenvalue weighted by atomic mass is 9.77. The van der Waals surface area contributed by atoms with Gasteiger partial charge in [0.25, 0.3) is 0 Å². The number of carbonyl (C=O) groups excluding carboxylic acids is 3. The molecule has 1 unspecified atom stereocenters. The maximum absolute atomic E-state index is 14.5. The molecule has 1 aliphatic carbocycles. The molecule has 6 atom stereocenters. The van der Waals surface area contributed by atoms with E-state index in [0.717, 1.165) is 32.1 Å². The first kappa shape index (κ1) is 26.4. The van der Waals surface area contributed by atoms with Crippen LogP contribution in [0.25, 0.3) is 0 Å². The fraction of sp³-hybridized carbons (Fsp3) is 0.759. The summed E-state index contributed by atoms with van der Waals surface area (Å²) >= 11 is 0. The third-order valence-corrected chi connectivity index (χ3v) is 9.07. The number of fused-ring (bicyclic) bond motifs is 2. The zero-order valence-electron chi connectivity index (χ0n) is 22.6. The standard InChI is InChI=1S/C29H43N3O5/c1-4-14-30-15-8-12-22-23(26(30)34)24-27(35)32(21(18-33)17-19(2)3)25-28(36)31(20-10-6-5-7-11-20)16-9-13-29(24,25)37-22/h8-9,12-13,19-25,33H,4-7,10-11,14-18H2,1-3H3/t21-,22-,23+,24+,25?,29+/m1/s1. The molecule has 0 aromatic rings. The van der Waals surface area contributed by atoms with Crippen molar-refractivity contribution in [2.45, 2.75) is 95.5 Å². The van der Waals surface area contributed by atoms with Gasteiger partial charge in [-0.25, -0.2) is 0 Å². The number of rotatable bonds is 7. The predicted octanol–water partition coefficient (Wildman–Crippen LogP) is 2.51. The van der Waals surface area contributed by atoms with Gasteiger partial charge in [0.05, 0.1) is 30.6 Å². The highest BCUT2D eigenvalue weighted by atomic mass is 16.5. The topological polar surface area (TPSA) is 90.4 Å². The Kier molecular flexibility index (Phi) is 7.51. The summed E-state index contributed by atoms with van der Waals surface area (Å²) in [4.78, 5) is 48.1. The largest absolute Gasteiger partial charge is 0.394 e. The summed E-state index contributed by atoms with van der Waals surface area (Å²) in [5.41, 5.74) is -1.22. The number of carbonyl (C=O) groups is 3. The normalized spacial score (nSPS) is 35.1. The van der Waals surface area contributed by atoms with Gasteiger partial charge >= 0.3 is 0 Å². The van der Waals surface area contributed by atoms with Gasteiger partial charge in [0, 0.05) is 25.7 Å². The molecule has 1 spiro atoms. The minimum Gasteiger partial charge on any atom is -0.394 e. The fourth-order valence-corrected chi connectivity index (χ4v) is 7.55. The maximum atomic E-state index is 14.5. The number of ether oxygens (including phenoxy) is 1. The van der Waals surface area contributed by atoms with E-state index in [4.69, 9.17) is 4.74 Å². The quantitative estimate of drug-likeness (QED) is 0.529. The summed E-state index contributed by atoms with van der Waals surface area (Å²) in [7, 11) is 0. The molecule has 0 aromatic carbocycles. The highest BCUT2D eigenvalue weighted by Crippen LogP contribution is 2.54. The van der Waals surface area contributed by atoms with Gasteiger partial charge in [-0.2, -0.15) is 0 Å². The molecule has 5 rings (SSSR count). The molecular formula is C29H43N3O5. The summed E-state index contributed by atoms with van der Waals surface area (Å²) in [6.45, 7) is 7.51. The summed E-state index contributed by atoms with van der Waals surface area (Å²) in [6, 6.07) is -1.24. The van der Waals surface area contributed by atoms with E-state index in [-0.39, 0.29) is 36.3 Å². The number of hydrogen-bond acceptors (Lipinski definition) is 5. The molecule has 204 valence electrons. The smallest absolute Gasteiger partial charge is 0.249 e. The van der Waals surface area contributed by atoms with Gasteiger partial charge in [-0.1, -0.05) is 64.3 Å². The first-order valence-electron chi connectivity index (χ1n) is 14.4. The van der Waals surface area contributed by atoms with Gasteiger partial charge in [0.15, 0.2) is 0 Å². The Morgan fingerprint density at radius 2 is 1.81 bits per heavy atom. The molecular weight excluding hydrogens is 470 g/mol. The van der Waals surface area contributed by atoms with E-state index in [2.05, 4.69) is 13.8 Å². The molecule has 3 fully saturated rings. The molecule has 4 aliphatic heterocycles. The van der Waals surface area contributed by atoms with Gasteiger partial charge < -0.3 is 24.5 Å². The van der Waals surface area contributed by atoms with E-state index in [1.165, 1.54) is 6.42 Å². The Bertz CT molecular complexity index is 957. The van der Waals surface area contributed by atoms with Gasteiger partial charge in [0.1, 0.15) is 11.6 Å². The number of nitrogens with zero attached hydrogens (tertiary/aromatic N) is 3. The van der Waals surface area contributed by atoms with Crippen LogP contribution >= 0.6 is 0 Å². The van der Waals surface area contributed by atoms with E-state index in [1.807, 2.05) is 41.0 Å². The summed E-state index contributed by atoms with van der Waals surface area (Å²) in [5.74, 6) is -1.66. The molecule has 5 aliphatic rings. The lowest BCUT2D eigenvalue weighted by Crippen LogP contribution is -2.59. The Morgan fingerprint density at radius 1 is 1.05 bits per heavy atom. The number of aliphatic hydroxyl groups excluding tert-OH is 1. The average molecular weight is 514 g/mol. The van der Waals surface area contributed by atoms with Crippen molar-refractivity contribution in [3.63, 3.8) is 0 Å². The van der Waals surface area contributed by atoms with Gasteiger partial charge in [-0.05, 0) is 31.6 Å². The highest BCUT2D eigenvalue weighted by molar-refractivity contribution is 6.00. The van der Waals surface area contributed by atoms with Crippen molar-refractivity contribution in [1.29, 1.82) is 0 Å². The monoisotopic (exact) mass is 513 g/mol. The molecule has 8 heteroatoms. The zero-order chi connectivity index (χ0) is 26.3. The van der Waals surface area contributed by atoms with Crippen molar-refractivity contribution >= 4 is 17.7 Å². The van der Waals surface area contributed by atoms with E-state index in [1.54, 1.807) is 4.90 Å². The molecule has 0 aromatic heterocycles. The minimum atomic E-state index is -1.22. The van der Waals surface area contributed by atoms with E-state index >= 15 is 0 Å². The lowest BCUT2D eigenvalue weighted by molar-refractivity contribution is -0.153. The molecule has 8 nitrogen and oxygen atoms in total. The van der Waals surface area contributed by atoms with Crippen LogP contribution < -0.4 is 0 Å². The summed E-state index contributed by atoms with van der Waals surface area (Å²) in [5, 5.41) is 10.5. The van der Waals surface area contributed by atoms with Gasteiger partial charge in [0.2, 0.25) is 17.7 Å². The molecule has 3 amide bonds. The molecule has 4 heterocycles. The fourth-order valence-electron chi connectivity index (χ4n) is 7.55. The minimum absolute atomic E-state index is 0.0775. The Hall–Kier alpha value is -2.19. The first-order chi connectivity index (χ1) is 17.8. The van der Waals surface area contributed by atoms with Crippen molar-refractivity contribution in [1.82, 2.24) is 14.7 Å². The molecule has 2 saturated heterocycles. The van der Waals surface area contributed by atoms with Crippen LogP contribution in [-0.4, -0.2) is 93.6 Å². The SMILES string of the molecule is CCCN1CC=C[C@H]2O[C@]34C=CCN(C5CCCCC5)C(=O)C3N([C@@H](CO)CC(C)C)C(=O)[C@@H]4[C@H]2C1=O. The Labute approximate surface area is 220 Å². The van der Waals surface area contributed by atoms with Crippen LogP contribution in [0.1, 0.15) is 65.7 Å². The van der Waals surface area contributed by atoms with Crippen LogP contribution in [-0.2, 0) is 19.1 Å². The molecule has 1 saturated carbocycles. The number of amides is 3. The van der Waals surface area contributed by atoms with Crippen molar-refractivity contribution < 1.29 is 24.2 Å². The van der Waals surface area contributed by atoms with Crippen LogP contribution in [0.4, 0.5) is 0 Å². The molecule has 37 heavy (non-hydrogen) atoms. The van der Waals surface area contributed by atoms with Crippen molar-refractivity contribution in [2.24, 2.45) is 17.8 Å². The maximum Gasteiger partial charge on any atom is 0.249 e. The Morgan fingerprint density at radius 3 is 2.49 bits per heavy atom. The van der Waals surface area contributed by atoms with Crippen LogP contribution in [0.5, 0.6) is 0 Å². The van der Waals surface area contributed by atoms with E-state index in [0.29, 0.717) is 26.1 Å². The second-order valence-corrected chi connectivity index (χ2v) is 12.0. The third-order valence-electron chi connectivity index (χ3n) is 9.07. The average Bonchev–Trinajstić information content (AvgIpc) is 3.21. The summed E-state index contributed by atoms with van der Waals surface area (Å²) < 4.78 is 6.73. The Balaban J connectivity index is 1.60. The highest BCUT2D eigenvalue weighted by Gasteiger charge is 2.72. The number of likely N-dealkylation sites (tertiary alicyclic amines) is 1. The van der Waals surface area contributed by atoms with Crippen molar-refractivity contribution in [2.75, 3.05) is 26.2 Å². The van der Waals surface area contributed by atoms with Gasteiger partial charge in [-0.3, -0.25) is 14.4 Å². The van der Waals surface area contributed by atoms with Crippen LogP contribution in [0.15, 0.2) is 24.3 Å². The van der Waals surface area contributed by atoms with Crippen molar-refractivity contribution in [3.05, 3.63) is 24.3 Å². The molecule has 0 bridgehead atoms. The third kappa shape index (κ3) is 4.34. The van der Waals surface area contributed by atoms with Crippen molar-refractivity contribution in [3.8, 4) is 0 Å². The van der Waals surface area contributed by atoms with Crippen LogP contribution in [0.2, 0.25) is 0 Å². The molecule has 0 radical (unpaired) electrons. The second kappa shape index (κ2) is 10.5. The predicted molar refractivity (Wildman–Crippen MR) is 139 cm³/mol. The lowest BCUT2D eigenvalue weighted by Gasteiger charge is -2.41. The van der Waals surface area contributed by atoms with E-state index in [9.17, 15) is 19.5 Å². The number of aliphatic hydroxyl groups is 1. The zero-order valence-corrected chi connectivity index (χ0v) is 22.6. The van der Waals surface area contributed by atoms with Crippen LogP contribution in [0, 0.1) is 17.8 Å². The number of hydrogen-bond donors (Lipinski definition) is 1. The van der Waals surface area contributed by atoms with Crippen LogP contribution in [0.3, 0.4) is 0 Å². The summed E-state index contributed by atoms with van der Waals surface area (Å²) in [6.07, 6.45) is 13.9. The van der Waals surface area contributed by atoms with E-state index < -0.39 is 35.6 Å².